The van der Waals surface area contributed by atoms with Gasteiger partial charge in [-0.2, -0.15) is 0 Å². The maximum Gasteiger partial charge on any atom is 0.00927 e. The highest BCUT2D eigenvalue weighted by molar-refractivity contribution is 4.85. The summed E-state index contributed by atoms with van der Waals surface area (Å²) < 4.78 is 0. The predicted octanol–water partition coefficient (Wildman–Crippen LogP) is 2.25. The molecule has 2 heterocycles. The number of nitrogens with one attached hydrogen (secondary N) is 1. The van der Waals surface area contributed by atoms with Gasteiger partial charge in [-0.05, 0) is 51.6 Å². The summed E-state index contributed by atoms with van der Waals surface area (Å²) >= 11 is 0. The van der Waals surface area contributed by atoms with E-state index in [0.717, 1.165) is 18.0 Å². The van der Waals surface area contributed by atoms with E-state index in [2.05, 4.69) is 24.1 Å². The maximum atomic E-state index is 3.57. The van der Waals surface area contributed by atoms with Crippen molar-refractivity contribution in [2.45, 2.75) is 58.0 Å². The van der Waals surface area contributed by atoms with Gasteiger partial charge in [0.1, 0.15) is 0 Å². The van der Waals surface area contributed by atoms with Crippen LogP contribution in [-0.4, -0.2) is 36.6 Å². The summed E-state index contributed by atoms with van der Waals surface area (Å²) in [6.07, 6.45) is 7.03. The number of likely N-dealkylation sites (tertiary alicyclic amines) is 1. The van der Waals surface area contributed by atoms with E-state index in [9.17, 15) is 0 Å². The average molecular weight is 210 g/mol. The summed E-state index contributed by atoms with van der Waals surface area (Å²) in [5.41, 5.74) is 0. The molecule has 15 heavy (non-hydrogen) atoms. The topological polar surface area (TPSA) is 15.3 Å². The van der Waals surface area contributed by atoms with Crippen LogP contribution in [0, 0.1) is 5.92 Å². The zero-order valence-electron chi connectivity index (χ0n) is 10.3. The molecule has 2 fully saturated rings. The summed E-state index contributed by atoms with van der Waals surface area (Å²) in [6.45, 7) is 8.62. The highest BCUT2D eigenvalue weighted by Crippen LogP contribution is 2.24. The Hall–Kier alpha value is -0.0800. The fraction of sp³-hybridized carbons (Fsp3) is 1.00. The van der Waals surface area contributed by atoms with Gasteiger partial charge in [0, 0.05) is 18.6 Å². The number of hydrogen-bond acceptors (Lipinski definition) is 2. The highest BCUT2D eigenvalue weighted by atomic mass is 15.2. The zero-order chi connectivity index (χ0) is 10.7. The van der Waals surface area contributed by atoms with Gasteiger partial charge in [-0.1, -0.05) is 13.3 Å². The van der Waals surface area contributed by atoms with Gasteiger partial charge in [0.15, 0.2) is 0 Å². The molecule has 0 bridgehead atoms. The third kappa shape index (κ3) is 2.73. The third-order valence-electron chi connectivity index (χ3n) is 4.38. The summed E-state index contributed by atoms with van der Waals surface area (Å²) in [5, 5.41) is 3.57. The number of piperidine rings is 1. The Morgan fingerprint density at radius 2 is 2.13 bits per heavy atom. The van der Waals surface area contributed by atoms with Crippen LogP contribution in [0.5, 0.6) is 0 Å². The van der Waals surface area contributed by atoms with Gasteiger partial charge in [0.2, 0.25) is 0 Å². The lowest BCUT2D eigenvalue weighted by molar-refractivity contribution is 0.119. The van der Waals surface area contributed by atoms with Crippen molar-refractivity contribution in [1.29, 1.82) is 0 Å². The summed E-state index contributed by atoms with van der Waals surface area (Å²) in [4.78, 5) is 2.76. The number of hydrogen-bond donors (Lipinski definition) is 1. The fourth-order valence-electron chi connectivity index (χ4n) is 3.23. The fourth-order valence-corrected chi connectivity index (χ4v) is 3.23. The zero-order valence-corrected chi connectivity index (χ0v) is 10.3. The van der Waals surface area contributed by atoms with Crippen LogP contribution < -0.4 is 5.32 Å². The molecule has 2 saturated heterocycles. The van der Waals surface area contributed by atoms with Gasteiger partial charge in [0.25, 0.3) is 0 Å². The second-order valence-corrected chi connectivity index (χ2v) is 5.34. The first-order chi connectivity index (χ1) is 7.31. The summed E-state index contributed by atoms with van der Waals surface area (Å²) in [7, 11) is 0. The van der Waals surface area contributed by atoms with Crippen LogP contribution >= 0.6 is 0 Å². The smallest absolute Gasteiger partial charge is 0.00927 e. The van der Waals surface area contributed by atoms with E-state index in [-0.39, 0.29) is 0 Å². The monoisotopic (exact) mass is 210 g/mol. The van der Waals surface area contributed by atoms with E-state index in [1.165, 1.54) is 51.7 Å². The first-order valence-corrected chi connectivity index (χ1v) is 6.78. The van der Waals surface area contributed by atoms with Gasteiger partial charge >= 0.3 is 0 Å². The largest absolute Gasteiger partial charge is 0.314 e. The molecule has 0 aliphatic carbocycles. The second-order valence-electron chi connectivity index (χ2n) is 5.34. The van der Waals surface area contributed by atoms with Crippen LogP contribution in [-0.2, 0) is 0 Å². The van der Waals surface area contributed by atoms with Crippen LogP contribution in [0.3, 0.4) is 0 Å². The van der Waals surface area contributed by atoms with Crippen LogP contribution in [0.25, 0.3) is 0 Å². The van der Waals surface area contributed by atoms with Crippen molar-refractivity contribution in [1.82, 2.24) is 10.2 Å². The Kier molecular flexibility index (Phi) is 4.04. The molecule has 2 heteroatoms. The second kappa shape index (κ2) is 5.31. The molecule has 0 amide bonds. The SMILES string of the molecule is CCC1CCCCN1CC1CCNC1C. The maximum absolute atomic E-state index is 3.57. The molecule has 3 unspecified atom stereocenters. The Balaban J connectivity index is 1.85. The van der Waals surface area contributed by atoms with Crippen LogP contribution in [0.15, 0.2) is 0 Å². The van der Waals surface area contributed by atoms with E-state index < -0.39 is 0 Å². The molecule has 2 rings (SSSR count). The molecule has 0 aromatic rings. The molecular formula is C13H26N2. The van der Waals surface area contributed by atoms with Crippen LogP contribution in [0.4, 0.5) is 0 Å². The Bertz CT molecular complexity index is 193. The standard InChI is InChI=1S/C13H26N2/c1-3-13-6-4-5-9-15(13)10-12-7-8-14-11(12)2/h11-14H,3-10H2,1-2H3. The highest BCUT2D eigenvalue weighted by Gasteiger charge is 2.28. The number of nitrogens with zero attached hydrogens (tertiary/aromatic N) is 1. The molecule has 0 radical (unpaired) electrons. The van der Waals surface area contributed by atoms with Gasteiger partial charge in [-0.25, -0.2) is 0 Å². The Labute approximate surface area is 94.4 Å². The molecule has 0 aromatic heterocycles. The van der Waals surface area contributed by atoms with Crippen molar-refractivity contribution in [3.8, 4) is 0 Å². The van der Waals surface area contributed by atoms with Crippen molar-refractivity contribution in [2.24, 2.45) is 5.92 Å². The van der Waals surface area contributed by atoms with Gasteiger partial charge < -0.3 is 10.2 Å². The van der Waals surface area contributed by atoms with Crippen LogP contribution in [0.2, 0.25) is 0 Å². The molecule has 2 nitrogen and oxygen atoms in total. The molecule has 2 aliphatic rings. The first-order valence-electron chi connectivity index (χ1n) is 6.78. The molecule has 0 aromatic carbocycles. The van der Waals surface area contributed by atoms with E-state index in [0.29, 0.717) is 0 Å². The lowest BCUT2D eigenvalue weighted by Crippen LogP contribution is -2.43. The van der Waals surface area contributed by atoms with Gasteiger partial charge in [-0.15, -0.1) is 0 Å². The van der Waals surface area contributed by atoms with E-state index in [4.69, 9.17) is 0 Å². The Morgan fingerprint density at radius 3 is 2.80 bits per heavy atom. The lowest BCUT2D eigenvalue weighted by atomic mass is 9.95. The molecule has 2 aliphatic heterocycles. The summed E-state index contributed by atoms with van der Waals surface area (Å²) in [5.74, 6) is 0.900. The van der Waals surface area contributed by atoms with Crippen molar-refractivity contribution >= 4 is 0 Å². The third-order valence-corrected chi connectivity index (χ3v) is 4.38. The Morgan fingerprint density at radius 1 is 1.27 bits per heavy atom. The van der Waals surface area contributed by atoms with Crippen molar-refractivity contribution in [2.75, 3.05) is 19.6 Å². The van der Waals surface area contributed by atoms with Gasteiger partial charge in [-0.3, -0.25) is 0 Å². The van der Waals surface area contributed by atoms with E-state index in [1.54, 1.807) is 0 Å². The van der Waals surface area contributed by atoms with E-state index >= 15 is 0 Å². The lowest BCUT2D eigenvalue weighted by Gasteiger charge is -2.37. The van der Waals surface area contributed by atoms with Gasteiger partial charge in [0.05, 0.1) is 0 Å². The minimum atomic E-state index is 0.740. The minimum absolute atomic E-state index is 0.740. The molecule has 88 valence electrons. The number of rotatable bonds is 3. The van der Waals surface area contributed by atoms with Crippen LogP contribution in [0.1, 0.15) is 46.0 Å². The average Bonchev–Trinajstić information content (AvgIpc) is 2.65. The molecule has 1 N–H and O–H groups in total. The van der Waals surface area contributed by atoms with Crippen molar-refractivity contribution in [3.63, 3.8) is 0 Å². The van der Waals surface area contributed by atoms with Crippen molar-refractivity contribution in [3.05, 3.63) is 0 Å². The first kappa shape index (κ1) is 11.4. The van der Waals surface area contributed by atoms with Crippen molar-refractivity contribution < 1.29 is 0 Å². The van der Waals surface area contributed by atoms with E-state index in [1.807, 2.05) is 0 Å². The normalized spacial score (nSPS) is 38.4. The quantitative estimate of drug-likeness (QED) is 0.768. The molecule has 0 saturated carbocycles. The molecular weight excluding hydrogens is 184 g/mol. The predicted molar refractivity (Wildman–Crippen MR) is 65.1 cm³/mol. The summed E-state index contributed by atoms with van der Waals surface area (Å²) in [6, 6.07) is 1.62. The molecule has 0 spiro atoms. The molecule has 3 atom stereocenters. The minimum Gasteiger partial charge on any atom is -0.314 e.